The van der Waals surface area contributed by atoms with Gasteiger partial charge in [0.25, 0.3) is 0 Å². The smallest absolute Gasteiger partial charge is 0.357 e. The number of fused-ring (bicyclic) bond motifs is 3. The van der Waals surface area contributed by atoms with Crippen LogP contribution in [0.3, 0.4) is 0 Å². The number of para-hydroxylation sites is 1. The quantitative estimate of drug-likeness (QED) is 0.489. The van der Waals surface area contributed by atoms with Crippen molar-refractivity contribution in [3.8, 4) is 0 Å². The van der Waals surface area contributed by atoms with Crippen LogP contribution in [0, 0.1) is 0 Å². The first kappa shape index (κ1) is 13.9. The van der Waals surface area contributed by atoms with E-state index < -0.39 is 5.63 Å². The van der Waals surface area contributed by atoms with E-state index in [0.717, 1.165) is 16.5 Å². The lowest BCUT2D eigenvalue weighted by molar-refractivity contribution is 0.564. The molecule has 2 heterocycles. The molecule has 0 aliphatic heterocycles. The molecule has 0 aliphatic carbocycles. The van der Waals surface area contributed by atoms with Gasteiger partial charge in [0.15, 0.2) is 10.6 Å². The fourth-order valence-electron chi connectivity index (χ4n) is 2.77. The Bertz CT molecular complexity index is 1070. The van der Waals surface area contributed by atoms with Gasteiger partial charge in [-0.3, -0.25) is 0 Å². The number of anilines is 2. The molecule has 0 unspecified atom stereocenters. The highest BCUT2D eigenvalue weighted by molar-refractivity contribution is 6.35. The first-order valence-corrected chi connectivity index (χ1v) is 7.46. The first-order chi connectivity index (χ1) is 11.2. The van der Waals surface area contributed by atoms with Crippen molar-refractivity contribution in [1.82, 2.24) is 0 Å². The molecular weight excluding hydrogens is 314 g/mol. The number of halogens is 1. The highest BCUT2D eigenvalue weighted by Gasteiger charge is 2.19. The van der Waals surface area contributed by atoms with E-state index in [9.17, 15) is 4.79 Å². The molecule has 0 saturated carbocycles. The number of furan rings is 1. The largest absolute Gasteiger partial charge is 0.464 e. The maximum Gasteiger partial charge on any atom is 0.357 e. The van der Waals surface area contributed by atoms with E-state index in [2.05, 4.69) is 0 Å². The van der Waals surface area contributed by atoms with E-state index >= 15 is 0 Å². The Labute approximate surface area is 136 Å². The summed E-state index contributed by atoms with van der Waals surface area (Å²) in [5.41, 5.74) is 2.12. The van der Waals surface area contributed by atoms with Crippen LogP contribution in [-0.2, 0) is 0 Å². The summed E-state index contributed by atoms with van der Waals surface area (Å²) in [6.45, 7) is 0. The summed E-state index contributed by atoms with van der Waals surface area (Å²) in [4.78, 5) is 14.1. The van der Waals surface area contributed by atoms with Crippen LogP contribution < -0.4 is 10.5 Å². The van der Waals surface area contributed by atoms with Gasteiger partial charge in [-0.05, 0) is 30.3 Å². The molecule has 4 nitrogen and oxygen atoms in total. The van der Waals surface area contributed by atoms with Gasteiger partial charge < -0.3 is 13.7 Å². The van der Waals surface area contributed by atoms with Gasteiger partial charge in [-0.15, -0.1) is 0 Å². The molecule has 23 heavy (non-hydrogen) atoms. The molecule has 0 radical (unpaired) electrons. The highest BCUT2D eigenvalue weighted by atomic mass is 35.5. The summed E-state index contributed by atoms with van der Waals surface area (Å²) in [7, 11) is 1.87. The first-order valence-electron chi connectivity index (χ1n) is 7.08. The lowest BCUT2D eigenvalue weighted by Crippen LogP contribution is -2.14. The van der Waals surface area contributed by atoms with Gasteiger partial charge in [0.05, 0.1) is 17.3 Å². The molecule has 114 valence electrons. The van der Waals surface area contributed by atoms with Crippen LogP contribution in [0.1, 0.15) is 0 Å². The molecule has 0 fully saturated rings. The zero-order valence-corrected chi connectivity index (χ0v) is 13.0. The van der Waals surface area contributed by atoms with Crippen LogP contribution in [0.25, 0.3) is 21.9 Å². The van der Waals surface area contributed by atoms with Crippen LogP contribution in [0.2, 0.25) is 5.02 Å². The van der Waals surface area contributed by atoms with Gasteiger partial charge in [-0.1, -0.05) is 29.8 Å². The minimum atomic E-state index is -0.564. The van der Waals surface area contributed by atoms with Crippen molar-refractivity contribution in [3.05, 3.63) is 70.2 Å². The number of nitrogens with zero attached hydrogens (tertiary/aromatic N) is 1. The third-order valence-electron chi connectivity index (χ3n) is 3.90. The second kappa shape index (κ2) is 5.18. The Morgan fingerprint density at radius 2 is 1.78 bits per heavy atom. The zero-order valence-electron chi connectivity index (χ0n) is 12.2. The Morgan fingerprint density at radius 3 is 2.57 bits per heavy atom. The molecular formula is C18H12ClNO3. The van der Waals surface area contributed by atoms with Gasteiger partial charge >= 0.3 is 5.63 Å². The van der Waals surface area contributed by atoms with Crippen molar-refractivity contribution in [3.63, 3.8) is 0 Å². The Hall–Kier alpha value is -2.72. The third-order valence-corrected chi connectivity index (χ3v) is 4.24. The fraction of sp³-hybridized carbons (Fsp3) is 0.0556. The number of benzene rings is 2. The van der Waals surface area contributed by atoms with E-state index in [0.29, 0.717) is 16.9 Å². The lowest BCUT2D eigenvalue weighted by atomic mass is 10.1. The van der Waals surface area contributed by atoms with Gasteiger partial charge in [0.2, 0.25) is 0 Å². The average Bonchev–Trinajstić information content (AvgIpc) is 3.05. The zero-order chi connectivity index (χ0) is 16.0. The molecule has 0 aliphatic rings. The third kappa shape index (κ3) is 2.11. The summed E-state index contributed by atoms with van der Waals surface area (Å²) >= 11 is 6.27. The van der Waals surface area contributed by atoms with Crippen LogP contribution in [0.4, 0.5) is 11.4 Å². The van der Waals surface area contributed by atoms with Crippen molar-refractivity contribution in [2.45, 2.75) is 0 Å². The molecule has 0 atom stereocenters. The maximum absolute atomic E-state index is 12.2. The van der Waals surface area contributed by atoms with Crippen LogP contribution in [0.15, 0.2) is 68.4 Å². The number of rotatable bonds is 2. The standard InChI is InChI=1S/C18H12ClNO3/c1-20(11-5-3-2-4-6-11)16-13-7-8-14-12(9-10-22-14)17(13)23-18(21)15(16)19/h2-10H,1H3. The summed E-state index contributed by atoms with van der Waals surface area (Å²) in [5, 5.41) is 1.57. The summed E-state index contributed by atoms with van der Waals surface area (Å²) in [6, 6.07) is 15.2. The van der Waals surface area contributed by atoms with Crippen LogP contribution >= 0.6 is 11.6 Å². The second-order valence-electron chi connectivity index (χ2n) is 5.22. The van der Waals surface area contributed by atoms with Gasteiger partial charge in [0, 0.05) is 18.1 Å². The van der Waals surface area contributed by atoms with Crippen molar-refractivity contribution < 1.29 is 8.83 Å². The van der Waals surface area contributed by atoms with E-state index in [4.69, 9.17) is 20.4 Å². The molecule has 4 aromatic rings. The number of hydrogen-bond acceptors (Lipinski definition) is 4. The molecule has 4 rings (SSSR count). The monoisotopic (exact) mass is 325 g/mol. The topological polar surface area (TPSA) is 46.6 Å². The molecule has 0 saturated heterocycles. The fourth-order valence-corrected chi connectivity index (χ4v) is 3.04. The Balaban J connectivity index is 2.09. The van der Waals surface area contributed by atoms with Crippen molar-refractivity contribution >= 4 is 44.9 Å². The highest BCUT2D eigenvalue weighted by Crippen LogP contribution is 2.38. The Morgan fingerprint density at radius 1 is 1.00 bits per heavy atom. The van der Waals surface area contributed by atoms with E-state index in [1.165, 1.54) is 0 Å². The predicted octanol–water partition coefficient (Wildman–Crippen LogP) is 4.96. The summed E-state index contributed by atoms with van der Waals surface area (Å²) in [6.07, 6.45) is 1.57. The molecule has 0 bridgehead atoms. The van der Waals surface area contributed by atoms with E-state index in [1.807, 2.05) is 54.4 Å². The predicted molar refractivity (Wildman–Crippen MR) is 91.8 cm³/mol. The van der Waals surface area contributed by atoms with Crippen molar-refractivity contribution in [2.24, 2.45) is 0 Å². The summed E-state index contributed by atoms with van der Waals surface area (Å²) in [5.74, 6) is 0. The minimum absolute atomic E-state index is 0.0618. The maximum atomic E-state index is 12.2. The summed E-state index contributed by atoms with van der Waals surface area (Å²) < 4.78 is 10.8. The normalized spacial score (nSPS) is 11.2. The minimum Gasteiger partial charge on any atom is -0.464 e. The number of hydrogen-bond donors (Lipinski definition) is 0. The van der Waals surface area contributed by atoms with Crippen molar-refractivity contribution in [2.75, 3.05) is 11.9 Å². The van der Waals surface area contributed by atoms with Crippen LogP contribution in [0.5, 0.6) is 0 Å². The SMILES string of the molecule is CN(c1ccccc1)c1c(Cl)c(=O)oc2c1ccc1occc12. The molecule has 5 heteroatoms. The van der Waals surface area contributed by atoms with Gasteiger partial charge in [-0.2, -0.15) is 0 Å². The molecule has 2 aromatic heterocycles. The molecule has 0 N–H and O–H groups in total. The molecule has 0 spiro atoms. The second-order valence-corrected chi connectivity index (χ2v) is 5.60. The lowest BCUT2D eigenvalue weighted by Gasteiger charge is -2.21. The average molecular weight is 326 g/mol. The molecule has 2 aromatic carbocycles. The van der Waals surface area contributed by atoms with Gasteiger partial charge in [0.1, 0.15) is 5.58 Å². The van der Waals surface area contributed by atoms with E-state index in [1.54, 1.807) is 12.3 Å². The van der Waals surface area contributed by atoms with Crippen LogP contribution in [-0.4, -0.2) is 7.05 Å². The van der Waals surface area contributed by atoms with Gasteiger partial charge in [-0.25, -0.2) is 4.79 Å². The van der Waals surface area contributed by atoms with E-state index in [-0.39, 0.29) is 5.02 Å². The Kier molecular flexibility index (Phi) is 3.13. The molecule has 0 amide bonds. The van der Waals surface area contributed by atoms with Crippen molar-refractivity contribution in [1.29, 1.82) is 0 Å².